The zero-order valence-corrected chi connectivity index (χ0v) is 12.2. The number of thiazole rings is 1. The minimum Gasteiger partial charge on any atom is -0.477 e. The van der Waals surface area contributed by atoms with Crippen LogP contribution in [-0.4, -0.2) is 30.2 Å². The maximum absolute atomic E-state index is 11.3. The molecule has 0 fully saturated rings. The molecule has 2 aromatic rings. The topological polar surface area (TPSA) is 53.4 Å². The van der Waals surface area contributed by atoms with Gasteiger partial charge in [0.15, 0.2) is 5.13 Å². The summed E-state index contributed by atoms with van der Waals surface area (Å²) in [6.07, 6.45) is 0. The Hall–Kier alpha value is -1.88. The molecule has 0 radical (unpaired) electrons. The average molecular weight is 276 g/mol. The summed E-state index contributed by atoms with van der Waals surface area (Å²) >= 11 is 1.20. The molecule has 2 rings (SSSR count). The van der Waals surface area contributed by atoms with Crippen molar-refractivity contribution in [3.63, 3.8) is 0 Å². The smallest absolute Gasteiger partial charge is 0.348 e. The van der Waals surface area contributed by atoms with Crippen LogP contribution in [0.15, 0.2) is 18.2 Å². The first kappa shape index (κ1) is 13.5. The van der Waals surface area contributed by atoms with Crippen molar-refractivity contribution in [2.75, 3.05) is 19.0 Å². The number of aromatic nitrogens is 1. The monoisotopic (exact) mass is 276 g/mol. The Kier molecular flexibility index (Phi) is 3.57. The Labute approximate surface area is 116 Å². The van der Waals surface area contributed by atoms with Gasteiger partial charge in [-0.2, -0.15) is 0 Å². The highest BCUT2D eigenvalue weighted by Crippen LogP contribution is 2.33. The van der Waals surface area contributed by atoms with Gasteiger partial charge in [0.05, 0.1) is 5.69 Å². The van der Waals surface area contributed by atoms with Crippen molar-refractivity contribution in [2.45, 2.75) is 13.8 Å². The van der Waals surface area contributed by atoms with E-state index in [9.17, 15) is 9.90 Å². The van der Waals surface area contributed by atoms with E-state index in [-0.39, 0.29) is 4.88 Å². The third-order valence-electron chi connectivity index (χ3n) is 2.97. The van der Waals surface area contributed by atoms with Crippen molar-refractivity contribution in [1.29, 1.82) is 0 Å². The molecule has 100 valence electrons. The normalized spacial score (nSPS) is 10.5. The molecule has 0 aliphatic carbocycles. The van der Waals surface area contributed by atoms with Gasteiger partial charge in [-0.1, -0.05) is 23.5 Å². The summed E-state index contributed by atoms with van der Waals surface area (Å²) in [5, 5.41) is 10.00. The van der Waals surface area contributed by atoms with Gasteiger partial charge in [0, 0.05) is 19.7 Å². The number of nitrogens with zero attached hydrogens (tertiary/aromatic N) is 2. The summed E-state index contributed by atoms with van der Waals surface area (Å²) in [5.41, 5.74) is 3.71. The molecule has 1 aromatic carbocycles. The third-order valence-corrected chi connectivity index (χ3v) is 4.18. The van der Waals surface area contributed by atoms with E-state index in [4.69, 9.17) is 0 Å². The molecular formula is C14H16N2O2S. The summed E-state index contributed by atoms with van der Waals surface area (Å²) < 4.78 is 0. The van der Waals surface area contributed by atoms with Gasteiger partial charge in [-0.15, -0.1) is 0 Å². The molecule has 0 atom stereocenters. The second-order valence-electron chi connectivity index (χ2n) is 4.67. The second-order valence-corrected chi connectivity index (χ2v) is 5.65. The first-order valence-corrected chi connectivity index (χ1v) is 6.71. The number of anilines is 1. The largest absolute Gasteiger partial charge is 0.477 e. The van der Waals surface area contributed by atoms with Crippen LogP contribution in [0.2, 0.25) is 0 Å². The number of hydrogen-bond donors (Lipinski definition) is 1. The Bertz CT molecular complexity index is 632. The molecule has 0 bridgehead atoms. The predicted molar refractivity (Wildman–Crippen MR) is 78.3 cm³/mol. The minimum absolute atomic E-state index is 0.284. The van der Waals surface area contributed by atoms with Gasteiger partial charge in [-0.3, -0.25) is 0 Å². The highest BCUT2D eigenvalue weighted by Gasteiger charge is 2.19. The van der Waals surface area contributed by atoms with Crippen molar-refractivity contribution in [3.05, 3.63) is 34.2 Å². The molecule has 0 amide bonds. The number of benzene rings is 1. The number of carboxylic acids is 1. The second kappa shape index (κ2) is 5.01. The van der Waals surface area contributed by atoms with Crippen molar-refractivity contribution in [3.8, 4) is 11.3 Å². The molecule has 0 saturated carbocycles. The van der Waals surface area contributed by atoms with E-state index in [0.717, 1.165) is 11.1 Å². The first-order valence-electron chi connectivity index (χ1n) is 5.89. The summed E-state index contributed by atoms with van der Waals surface area (Å²) in [6.45, 7) is 4.04. The van der Waals surface area contributed by atoms with E-state index in [1.54, 1.807) is 0 Å². The third kappa shape index (κ3) is 2.61. The van der Waals surface area contributed by atoms with Crippen molar-refractivity contribution < 1.29 is 9.90 Å². The summed E-state index contributed by atoms with van der Waals surface area (Å²) in [6, 6.07) is 5.89. The van der Waals surface area contributed by atoms with E-state index in [1.807, 2.05) is 51.0 Å². The van der Waals surface area contributed by atoms with Crippen LogP contribution in [0.4, 0.5) is 5.13 Å². The predicted octanol–water partition coefficient (Wildman–Crippen LogP) is 3.19. The van der Waals surface area contributed by atoms with Crippen LogP contribution < -0.4 is 4.90 Å². The van der Waals surface area contributed by atoms with Crippen LogP contribution in [0.5, 0.6) is 0 Å². The Morgan fingerprint density at radius 3 is 2.47 bits per heavy atom. The van der Waals surface area contributed by atoms with Gasteiger partial charge in [0.1, 0.15) is 4.88 Å². The Morgan fingerprint density at radius 2 is 1.95 bits per heavy atom. The number of aryl methyl sites for hydroxylation is 2. The lowest BCUT2D eigenvalue weighted by atomic mass is 10.0. The van der Waals surface area contributed by atoms with Crippen molar-refractivity contribution in [2.24, 2.45) is 0 Å². The lowest BCUT2D eigenvalue weighted by Crippen LogP contribution is -2.07. The SMILES string of the molecule is Cc1ccc(-c2nc(N(C)C)sc2C(=O)O)cc1C. The van der Waals surface area contributed by atoms with E-state index in [1.165, 1.54) is 16.9 Å². The van der Waals surface area contributed by atoms with Gasteiger partial charge in [0.25, 0.3) is 0 Å². The standard InChI is InChI=1S/C14H16N2O2S/c1-8-5-6-10(7-9(8)2)11-12(13(17)18)19-14(15-11)16(3)4/h5-7H,1-4H3,(H,17,18). The zero-order valence-electron chi connectivity index (χ0n) is 11.4. The van der Waals surface area contributed by atoms with Crippen molar-refractivity contribution in [1.82, 2.24) is 4.98 Å². The molecule has 4 nitrogen and oxygen atoms in total. The fourth-order valence-corrected chi connectivity index (χ4v) is 2.58. The van der Waals surface area contributed by atoms with E-state index >= 15 is 0 Å². The van der Waals surface area contributed by atoms with Gasteiger partial charge in [-0.25, -0.2) is 9.78 Å². The summed E-state index contributed by atoms with van der Waals surface area (Å²) in [5.74, 6) is -0.932. The van der Waals surface area contributed by atoms with Crippen LogP contribution >= 0.6 is 11.3 Å². The van der Waals surface area contributed by atoms with Crippen LogP contribution in [0.3, 0.4) is 0 Å². The maximum Gasteiger partial charge on any atom is 0.348 e. The molecule has 0 unspecified atom stereocenters. The molecule has 0 aliphatic rings. The molecule has 1 aromatic heterocycles. The number of hydrogen-bond acceptors (Lipinski definition) is 4. The van der Waals surface area contributed by atoms with E-state index in [0.29, 0.717) is 10.8 Å². The number of rotatable bonds is 3. The Balaban J connectivity index is 2.59. The molecule has 0 saturated heterocycles. The average Bonchev–Trinajstić information content (AvgIpc) is 2.78. The molecule has 0 aliphatic heterocycles. The molecule has 0 spiro atoms. The fraction of sp³-hybridized carbons (Fsp3) is 0.286. The van der Waals surface area contributed by atoms with Crippen LogP contribution in [0.25, 0.3) is 11.3 Å². The first-order chi connectivity index (χ1) is 8.90. The Morgan fingerprint density at radius 1 is 1.26 bits per heavy atom. The van der Waals surface area contributed by atoms with Crippen LogP contribution in [0.1, 0.15) is 20.8 Å². The van der Waals surface area contributed by atoms with Crippen LogP contribution in [0, 0.1) is 13.8 Å². The van der Waals surface area contributed by atoms with Gasteiger partial charge < -0.3 is 10.0 Å². The molecular weight excluding hydrogens is 260 g/mol. The number of aromatic carboxylic acids is 1. The lowest BCUT2D eigenvalue weighted by molar-refractivity contribution is 0.0702. The van der Waals surface area contributed by atoms with Crippen LogP contribution in [-0.2, 0) is 0 Å². The maximum atomic E-state index is 11.3. The van der Waals surface area contributed by atoms with Crippen molar-refractivity contribution >= 4 is 22.4 Å². The lowest BCUT2D eigenvalue weighted by Gasteiger charge is -2.06. The number of carboxylic acid groups (broad SMARTS) is 1. The summed E-state index contributed by atoms with van der Waals surface area (Å²) in [4.78, 5) is 17.9. The van der Waals surface area contributed by atoms with Gasteiger partial charge in [0.2, 0.25) is 0 Å². The summed E-state index contributed by atoms with van der Waals surface area (Å²) in [7, 11) is 3.71. The highest BCUT2D eigenvalue weighted by atomic mass is 32.1. The van der Waals surface area contributed by atoms with E-state index < -0.39 is 5.97 Å². The minimum atomic E-state index is -0.932. The molecule has 5 heteroatoms. The zero-order chi connectivity index (χ0) is 14.2. The molecule has 1 heterocycles. The van der Waals surface area contributed by atoms with Gasteiger partial charge in [-0.05, 0) is 31.0 Å². The highest BCUT2D eigenvalue weighted by molar-refractivity contribution is 7.17. The fourth-order valence-electron chi connectivity index (χ4n) is 1.73. The molecule has 19 heavy (non-hydrogen) atoms. The molecule has 1 N–H and O–H groups in total. The number of carbonyl (C=O) groups is 1. The van der Waals surface area contributed by atoms with E-state index in [2.05, 4.69) is 4.98 Å². The van der Waals surface area contributed by atoms with Gasteiger partial charge >= 0.3 is 5.97 Å². The quantitative estimate of drug-likeness (QED) is 0.935.